The molecule has 1 amide bonds. The standard InChI is InChI=1S/C23H22N2O4S/c26-22(25-16-23(27,17-25)13-18-5-2-1-3-6-18)20-10-8-19(9-11-20)15-30(28,29)21-7-4-12-24-14-21/h1-12,14,27H,13,15-17H2. The summed E-state index contributed by atoms with van der Waals surface area (Å²) < 4.78 is 24.9. The third-order valence-electron chi connectivity index (χ3n) is 5.18. The van der Waals surface area contributed by atoms with Gasteiger partial charge in [0.05, 0.1) is 23.7 Å². The fourth-order valence-corrected chi connectivity index (χ4v) is 4.96. The molecule has 2 heterocycles. The Hall–Kier alpha value is -3.03. The van der Waals surface area contributed by atoms with Gasteiger partial charge in [-0.2, -0.15) is 0 Å². The van der Waals surface area contributed by atoms with E-state index in [4.69, 9.17) is 0 Å². The van der Waals surface area contributed by atoms with Gasteiger partial charge in [-0.1, -0.05) is 42.5 Å². The van der Waals surface area contributed by atoms with Gasteiger partial charge < -0.3 is 10.0 Å². The summed E-state index contributed by atoms with van der Waals surface area (Å²) in [5, 5.41) is 10.6. The lowest BCUT2D eigenvalue weighted by atomic mass is 9.86. The van der Waals surface area contributed by atoms with Crippen molar-refractivity contribution in [2.24, 2.45) is 0 Å². The molecule has 0 spiro atoms. The molecule has 1 aliphatic rings. The lowest BCUT2D eigenvalue weighted by Gasteiger charge is -2.46. The summed E-state index contributed by atoms with van der Waals surface area (Å²) >= 11 is 0. The minimum Gasteiger partial charge on any atom is -0.386 e. The van der Waals surface area contributed by atoms with E-state index in [2.05, 4.69) is 4.98 Å². The van der Waals surface area contributed by atoms with Crippen molar-refractivity contribution < 1.29 is 18.3 Å². The minimum absolute atomic E-state index is 0.159. The number of pyridine rings is 1. The van der Waals surface area contributed by atoms with E-state index in [-0.39, 0.29) is 29.6 Å². The molecule has 3 aromatic rings. The second-order valence-electron chi connectivity index (χ2n) is 7.69. The number of aliphatic hydroxyl groups is 1. The third kappa shape index (κ3) is 4.42. The van der Waals surface area contributed by atoms with Gasteiger partial charge in [-0.15, -0.1) is 0 Å². The molecule has 0 saturated carbocycles. The Morgan fingerprint density at radius 2 is 1.67 bits per heavy atom. The maximum atomic E-state index is 12.7. The quantitative estimate of drug-likeness (QED) is 0.659. The van der Waals surface area contributed by atoms with Crippen LogP contribution >= 0.6 is 0 Å². The average Bonchev–Trinajstić information content (AvgIpc) is 2.73. The monoisotopic (exact) mass is 422 g/mol. The molecule has 1 N–H and O–H groups in total. The van der Waals surface area contributed by atoms with Crippen molar-refractivity contribution in [1.82, 2.24) is 9.88 Å². The first-order chi connectivity index (χ1) is 14.3. The van der Waals surface area contributed by atoms with Gasteiger partial charge in [0.15, 0.2) is 9.84 Å². The predicted octanol–water partition coefficient (Wildman–Crippen LogP) is 2.49. The zero-order chi connectivity index (χ0) is 21.2. The third-order valence-corrected chi connectivity index (χ3v) is 6.86. The highest BCUT2D eigenvalue weighted by Crippen LogP contribution is 2.27. The molecule has 0 bridgehead atoms. The minimum atomic E-state index is -3.49. The van der Waals surface area contributed by atoms with E-state index in [1.807, 2.05) is 30.3 Å². The van der Waals surface area contributed by atoms with Gasteiger partial charge in [-0.25, -0.2) is 8.42 Å². The van der Waals surface area contributed by atoms with Crippen LogP contribution in [0.2, 0.25) is 0 Å². The second kappa shape index (κ2) is 8.01. The zero-order valence-electron chi connectivity index (χ0n) is 16.3. The molecule has 2 aromatic carbocycles. The molecule has 0 atom stereocenters. The first kappa shape index (κ1) is 20.3. The molecule has 30 heavy (non-hydrogen) atoms. The number of β-amino-alcohol motifs (C(OH)–C–C–N with tert-alkyl or cyclic N) is 1. The van der Waals surface area contributed by atoms with E-state index >= 15 is 0 Å². The van der Waals surface area contributed by atoms with Gasteiger partial charge in [-0.05, 0) is 35.4 Å². The number of sulfone groups is 1. The van der Waals surface area contributed by atoms with Crippen molar-refractivity contribution >= 4 is 15.7 Å². The number of hydrogen-bond acceptors (Lipinski definition) is 5. The van der Waals surface area contributed by atoms with E-state index < -0.39 is 15.4 Å². The molecule has 1 aliphatic heterocycles. The van der Waals surface area contributed by atoms with Gasteiger partial charge in [0.25, 0.3) is 5.91 Å². The Morgan fingerprint density at radius 3 is 2.30 bits per heavy atom. The summed E-state index contributed by atoms with van der Waals surface area (Å²) in [7, 11) is -3.49. The molecule has 0 aliphatic carbocycles. The second-order valence-corrected chi connectivity index (χ2v) is 9.68. The molecule has 0 unspecified atom stereocenters. The number of benzene rings is 2. The van der Waals surface area contributed by atoms with E-state index in [0.29, 0.717) is 17.5 Å². The lowest BCUT2D eigenvalue weighted by Crippen LogP contribution is -2.64. The molecule has 6 nitrogen and oxygen atoms in total. The number of amides is 1. The summed E-state index contributed by atoms with van der Waals surface area (Å²) in [6, 6.07) is 19.4. The number of rotatable bonds is 6. The van der Waals surface area contributed by atoms with Crippen molar-refractivity contribution in [2.75, 3.05) is 13.1 Å². The Morgan fingerprint density at radius 1 is 0.967 bits per heavy atom. The fraction of sp³-hybridized carbons (Fsp3) is 0.217. The molecule has 1 aromatic heterocycles. The summed E-state index contributed by atoms with van der Waals surface area (Å²) in [5.74, 6) is -0.331. The largest absolute Gasteiger partial charge is 0.386 e. The molecule has 0 radical (unpaired) electrons. The van der Waals surface area contributed by atoms with Crippen LogP contribution in [-0.4, -0.2) is 48.0 Å². The summed E-state index contributed by atoms with van der Waals surface area (Å²) in [6.45, 7) is 0.551. The van der Waals surface area contributed by atoms with Crippen LogP contribution < -0.4 is 0 Å². The maximum Gasteiger partial charge on any atom is 0.254 e. The van der Waals surface area contributed by atoms with Crippen LogP contribution in [0.3, 0.4) is 0 Å². The Labute approximate surface area is 175 Å². The van der Waals surface area contributed by atoms with Crippen LogP contribution in [0, 0.1) is 0 Å². The highest BCUT2D eigenvalue weighted by atomic mass is 32.2. The number of likely N-dealkylation sites (tertiary alicyclic amines) is 1. The van der Waals surface area contributed by atoms with Crippen LogP contribution in [0.1, 0.15) is 21.5 Å². The molecular formula is C23H22N2O4S. The number of carbonyl (C=O) groups excluding carboxylic acids is 1. The van der Waals surface area contributed by atoms with Gasteiger partial charge in [0.1, 0.15) is 5.60 Å². The summed E-state index contributed by atoms with van der Waals surface area (Å²) in [5.41, 5.74) is 1.19. The molecule has 4 rings (SSSR count). The smallest absolute Gasteiger partial charge is 0.254 e. The normalized spacial score (nSPS) is 15.4. The summed E-state index contributed by atoms with van der Waals surface area (Å²) in [4.78, 5) is 18.3. The topological polar surface area (TPSA) is 87.6 Å². The molecule has 1 saturated heterocycles. The zero-order valence-corrected chi connectivity index (χ0v) is 17.1. The van der Waals surface area contributed by atoms with Crippen LogP contribution in [0.5, 0.6) is 0 Å². The van der Waals surface area contributed by atoms with Crippen molar-refractivity contribution in [3.8, 4) is 0 Å². The van der Waals surface area contributed by atoms with Crippen LogP contribution in [-0.2, 0) is 22.0 Å². The maximum absolute atomic E-state index is 12.7. The fourth-order valence-electron chi connectivity index (χ4n) is 3.66. The van der Waals surface area contributed by atoms with Crippen molar-refractivity contribution in [3.05, 3.63) is 95.8 Å². The van der Waals surface area contributed by atoms with E-state index in [0.717, 1.165) is 5.56 Å². The Balaban J connectivity index is 1.37. The van der Waals surface area contributed by atoms with Gasteiger partial charge in [0, 0.05) is 24.4 Å². The number of hydrogen-bond donors (Lipinski definition) is 1. The van der Waals surface area contributed by atoms with Crippen LogP contribution in [0.4, 0.5) is 0 Å². The van der Waals surface area contributed by atoms with E-state index in [1.165, 1.54) is 18.5 Å². The van der Waals surface area contributed by atoms with Gasteiger partial charge >= 0.3 is 0 Å². The first-order valence-electron chi connectivity index (χ1n) is 9.62. The van der Waals surface area contributed by atoms with Gasteiger partial charge in [-0.3, -0.25) is 9.78 Å². The SMILES string of the molecule is O=C(c1ccc(CS(=O)(=O)c2cccnc2)cc1)N1CC(O)(Cc2ccccc2)C1. The summed E-state index contributed by atoms with van der Waals surface area (Å²) in [6.07, 6.45) is 3.35. The predicted molar refractivity (Wildman–Crippen MR) is 113 cm³/mol. The van der Waals surface area contributed by atoms with Crippen molar-refractivity contribution in [2.45, 2.75) is 22.7 Å². The number of aromatic nitrogens is 1. The van der Waals surface area contributed by atoms with Gasteiger partial charge in [0.2, 0.25) is 0 Å². The number of nitrogens with zero attached hydrogens (tertiary/aromatic N) is 2. The van der Waals surface area contributed by atoms with E-state index in [1.54, 1.807) is 35.2 Å². The number of carbonyl (C=O) groups is 1. The molecule has 1 fully saturated rings. The highest BCUT2D eigenvalue weighted by Gasteiger charge is 2.43. The molecule has 154 valence electrons. The molecule has 7 heteroatoms. The van der Waals surface area contributed by atoms with Crippen LogP contribution in [0.15, 0.2) is 84.0 Å². The van der Waals surface area contributed by atoms with Crippen molar-refractivity contribution in [3.63, 3.8) is 0 Å². The first-order valence-corrected chi connectivity index (χ1v) is 11.3. The highest BCUT2D eigenvalue weighted by molar-refractivity contribution is 7.90. The average molecular weight is 423 g/mol. The van der Waals surface area contributed by atoms with Crippen molar-refractivity contribution in [1.29, 1.82) is 0 Å². The Kier molecular flexibility index (Phi) is 5.40. The van der Waals surface area contributed by atoms with Crippen LogP contribution in [0.25, 0.3) is 0 Å². The molecular weight excluding hydrogens is 400 g/mol. The lowest BCUT2D eigenvalue weighted by molar-refractivity contribution is -0.0799. The van der Waals surface area contributed by atoms with E-state index in [9.17, 15) is 18.3 Å². The Bertz CT molecular complexity index is 1120.